The summed E-state index contributed by atoms with van der Waals surface area (Å²) in [4.78, 5) is 8.37. The van der Waals surface area contributed by atoms with Crippen LogP contribution >= 0.6 is 0 Å². The molecule has 1 atom stereocenters. The van der Waals surface area contributed by atoms with Crippen molar-refractivity contribution in [1.29, 1.82) is 0 Å². The van der Waals surface area contributed by atoms with Crippen LogP contribution in [0.3, 0.4) is 0 Å². The van der Waals surface area contributed by atoms with E-state index in [9.17, 15) is 0 Å². The second kappa shape index (κ2) is 4.63. The highest BCUT2D eigenvalue weighted by atomic mass is 16.5. The third-order valence-corrected chi connectivity index (χ3v) is 3.03. The summed E-state index contributed by atoms with van der Waals surface area (Å²) >= 11 is 0. The molecule has 88 valence electrons. The number of aromatic nitrogens is 3. The SMILES string of the molecule is c1cc(-c2nc(C[C@@H]3CCNC3)no2)ccn1. The maximum Gasteiger partial charge on any atom is 0.258 e. The van der Waals surface area contributed by atoms with Gasteiger partial charge >= 0.3 is 0 Å². The molecule has 0 bridgehead atoms. The fourth-order valence-electron chi connectivity index (χ4n) is 2.10. The summed E-state index contributed by atoms with van der Waals surface area (Å²) in [5.74, 6) is 2.01. The first-order valence-corrected chi connectivity index (χ1v) is 5.85. The van der Waals surface area contributed by atoms with Gasteiger partial charge in [0, 0.05) is 24.4 Å². The highest BCUT2D eigenvalue weighted by Gasteiger charge is 2.18. The van der Waals surface area contributed by atoms with E-state index in [-0.39, 0.29) is 0 Å². The molecule has 0 radical (unpaired) electrons. The van der Waals surface area contributed by atoms with E-state index in [0.29, 0.717) is 11.8 Å². The molecule has 1 aliphatic rings. The lowest BCUT2D eigenvalue weighted by Gasteiger charge is -2.01. The zero-order valence-corrected chi connectivity index (χ0v) is 9.47. The monoisotopic (exact) mass is 230 g/mol. The average molecular weight is 230 g/mol. The van der Waals surface area contributed by atoms with Crippen molar-refractivity contribution in [2.45, 2.75) is 12.8 Å². The maximum atomic E-state index is 5.25. The van der Waals surface area contributed by atoms with Crippen LogP contribution in [0.15, 0.2) is 29.0 Å². The van der Waals surface area contributed by atoms with Crippen LogP contribution in [0.2, 0.25) is 0 Å². The van der Waals surface area contributed by atoms with Crippen molar-refractivity contribution in [3.8, 4) is 11.5 Å². The molecule has 1 aliphatic heterocycles. The first-order valence-electron chi connectivity index (χ1n) is 5.85. The summed E-state index contributed by atoms with van der Waals surface area (Å²) in [7, 11) is 0. The summed E-state index contributed by atoms with van der Waals surface area (Å²) < 4.78 is 5.25. The van der Waals surface area contributed by atoms with Gasteiger partial charge in [0.1, 0.15) is 0 Å². The highest BCUT2D eigenvalue weighted by molar-refractivity contribution is 5.50. The van der Waals surface area contributed by atoms with Gasteiger partial charge in [0.25, 0.3) is 5.89 Å². The molecule has 1 N–H and O–H groups in total. The molecule has 5 nitrogen and oxygen atoms in total. The molecule has 2 aromatic rings. The Hall–Kier alpha value is -1.75. The van der Waals surface area contributed by atoms with Crippen LogP contribution in [-0.4, -0.2) is 28.2 Å². The second-order valence-corrected chi connectivity index (χ2v) is 4.31. The van der Waals surface area contributed by atoms with E-state index in [2.05, 4.69) is 20.4 Å². The van der Waals surface area contributed by atoms with Gasteiger partial charge in [0.2, 0.25) is 0 Å². The number of nitrogens with zero attached hydrogens (tertiary/aromatic N) is 3. The van der Waals surface area contributed by atoms with E-state index < -0.39 is 0 Å². The quantitative estimate of drug-likeness (QED) is 0.860. The topological polar surface area (TPSA) is 63.8 Å². The van der Waals surface area contributed by atoms with E-state index in [0.717, 1.165) is 30.9 Å². The predicted octanol–water partition coefficient (Wildman–Crippen LogP) is 1.28. The molecular formula is C12H14N4O. The van der Waals surface area contributed by atoms with Gasteiger partial charge in [0.15, 0.2) is 5.82 Å². The molecule has 3 heterocycles. The van der Waals surface area contributed by atoms with Crippen LogP contribution in [-0.2, 0) is 6.42 Å². The minimum absolute atomic E-state index is 0.577. The zero-order chi connectivity index (χ0) is 11.5. The Morgan fingerprint density at radius 2 is 2.24 bits per heavy atom. The van der Waals surface area contributed by atoms with Crippen LogP contribution in [0, 0.1) is 5.92 Å². The lowest BCUT2D eigenvalue weighted by Crippen LogP contribution is -2.11. The molecule has 1 saturated heterocycles. The number of pyridine rings is 1. The largest absolute Gasteiger partial charge is 0.334 e. The van der Waals surface area contributed by atoms with Crippen LogP contribution in [0.4, 0.5) is 0 Å². The number of rotatable bonds is 3. The van der Waals surface area contributed by atoms with E-state index in [4.69, 9.17) is 4.52 Å². The van der Waals surface area contributed by atoms with E-state index >= 15 is 0 Å². The first kappa shape index (κ1) is 10.4. The standard InChI is InChI=1S/C12H14N4O/c1-4-14-8-9(1)7-11-15-12(17-16-11)10-2-5-13-6-3-10/h2-3,5-6,9,14H,1,4,7-8H2/t9-/m0/s1. The van der Waals surface area contributed by atoms with Gasteiger partial charge in [-0.05, 0) is 37.6 Å². The zero-order valence-electron chi connectivity index (χ0n) is 9.47. The molecule has 0 spiro atoms. The van der Waals surface area contributed by atoms with Gasteiger partial charge in [-0.25, -0.2) is 0 Å². The van der Waals surface area contributed by atoms with Crippen molar-refractivity contribution in [3.63, 3.8) is 0 Å². The van der Waals surface area contributed by atoms with Crippen LogP contribution in [0.5, 0.6) is 0 Å². The number of hydrogen-bond acceptors (Lipinski definition) is 5. The van der Waals surface area contributed by atoms with Crippen LogP contribution in [0.25, 0.3) is 11.5 Å². The van der Waals surface area contributed by atoms with E-state index in [1.807, 2.05) is 12.1 Å². The molecule has 5 heteroatoms. The van der Waals surface area contributed by atoms with Gasteiger partial charge in [-0.3, -0.25) is 4.98 Å². The predicted molar refractivity (Wildman–Crippen MR) is 62.2 cm³/mol. The molecule has 0 aliphatic carbocycles. The molecule has 0 amide bonds. The fraction of sp³-hybridized carbons (Fsp3) is 0.417. The van der Waals surface area contributed by atoms with Gasteiger partial charge in [-0.15, -0.1) is 0 Å². The van der Waals surface area contributed by atoms with Crippen molar-refractivity contribution in [3.05, 3.63) is 30.4 Å². The summed E-state index contributed by atoms with van der Waals surface area (Å²) in [6.45, 7) is 2.15. The van der Waals surface area contributed by atoms with Gasteiger partial charge in [0.05, 0.1) is 0 Å². The average Bonchev–Trinajstić information content (AvgIpc) is 3.02. The van der Waals surface area contributed by atoms with Crippen molar-refractivity contribution < 1.29 is 4.52 Å². The lowest BCUT2D eigenvalue weighted by molar-refractivity contribution is 0.415. The summed E-state index contributed by atoms with van der Waals surface area (Å²) in [5.41, 5.74) is 0.920. The Morgan fingerprint density at radius 3 is 3.00 bits per heavy atom. The Kier molecular flexibility index (Phi) is 2.83. The Morgan fingerprint density at radius 1 is 1.35 bits per heavy atom. The number of nitrogens with one attached hydrogen (secondary N) is 1. The highest BCUT2D eigenvalue weighted by Crippen LogP contribution is 2.18. The number of hydrogen-bond donors (Lipinski definition) is 1. The van der Waals surface area contributed by atoms with E-state index in [1.165, 1.54) is 6.42 Å². The molecule has 1 fully saturated rings. The molecule has 3 rings (SSSR count). The minimum atomic E-state index is 0.577. The van der Waals surface area contributed by atoms with Crippen molar-refractivity contribution in [1.82, 2.24) is 20.4 Å². The molecule has 2 aromatic heterocycles. The Bertz CT molecular complexity index is 476. The Labute approximate surface area is 99.3 Å². The van der Waals surface area contributed by atoms with Crippen LogP contribution < -0.4 is 5.32 Å². The third-order valence-electron chi connectivity index (χ3n) is 3.03. The van der Waals surface area contributed by atoms with Crippen molar-refractivity contribution >= 4 is 0 Å². The lowest BCUT2D eigenvalue weighted by atomic mass is 10.1. The van der Waals surface area contributed by atoms with Crippen molar-refractivity contribution in [2.75, 3.05) is 13.1 Å². The smallest absolute Gasteiger partial charge is 0.258 e. The summed E-state index contributed by atoms with van der Waals surface area (Å²) in [6.07, 6.45) is 5.53. The van der Waals surface area contributed by atoms with Gasteiger partial charge < -0.3 is 9.84 Å². The fourth-order valence-corrected chi connectivity index (χ4v) is 2.10. The minimum Gasteiger partial charge on any atom is -0.334 e. The first-order chi connectivity index (χ1) is 8.42. The molecular weight excluding hydrogens is 216 g/mol. The van der Waals surface area contributed by atoms with Gasteiger partial charge in [-0.1, -0.05) is 5.16 Å². The molecule has 0 aromatic carbocycles. The van der Waals surface area contributed by atoms with Crippen LogP contribution in [0.1, 0.15) is 12.2 Å². The third kappa shape index (κ3) is 2.34. The van der Waals surface area contributed by atoms with E-state index in [1.54, 1.807) is 12.4 Å². The molecule has 0 unspecified atom stereocenters. The normalized spacial score (nSPS) is 19.6. The molecule has 17 heavy (non-hydrogen) atoms. The van der Waals surface area contributed by atoms with Crippen molar-refractivity contribution in [2.24, 2.45) is 5.92 Å². The molecule has 0 saturated carbocycles. The Balaban J connectivity index is 1.74. The second-order valence-electron chi connectivity index (χ2n) is 4.31. The maximum absolute atomic E-state index is 5.25. The van der Waals surface area contributed by atoms with Gasteiger partial charge in [-0.2, -0.15) is 4.98 Å². The summed E-state index contributed by atoms with van der Waals surface area (Å²) in [6, 6.07) is 3.74. The summed E-state index contributed by atoms with van der Waals surface area (Å²) in [5, 5.41) is 7.36.